The van der Waals surface area contributed by atoms with E-state index in [0.717, 1.165) is 10.8 Å². The van der Waals surface area contributed by atoms with Gasteiger partial charge in [-0.3, -0.25) is 19.1 Å². The number of anilines is 1. The van der Waals surface area contributed by atoms with Gasteiger partial charge in [0, 0.05) is 6.54 Å². The topological polar surface area (TPSA) is 143 Å². The van der Waals surface area contributed by atoms with Crippen LogP contribution in [0.15, 0.2) is 21.6 Å². The molecular weight excluding hydrogens is 322 g/mol. The van der Waals surface area contributed by atoms with Crippen LogP contribution in [0.2, 0.25) is 0 Å². The van der Waals surface area contributed by atoms with E-state index >= 15 is 0 Å². The lowest BCUT2D eigenvalue weighted by Crippen LogP contribution is -2.37. The highest BCUT2D eigenvalue weighted by Gasteiger charge is 2.22. The lowest BCUT2D eigenvalue weighted by atomic mass is 10.2. The highest BCUT2D eigenvalue weighted by atomic mass is 16.6. The molecule has 0 radical (unpaired) electrons. The Labute approximate surface area is 135 Å². The predicted molar refractivity (Wildman–Crippen MR) is 81.3 cm³/mol. The zero-order chi connectivity index (χ0) is 17.7. The van der Waals surface area contributed by atoms with Crippen molar-refractivity contribution >= 4 is 17.6 Å². The smallest absolute Gasteiger partial charge is 0.377 e. The summed E-state index contributed by atoms with van der Waals surface area (Å²) in [5, 5.41) is 0. The molecule has 10 nitrogen and oxygen atoms in total. The van der Waals surface area contributed by atoms with E-state index in [4.69, 9.17) is 19.9 Å². The van der Waals surface area contributed by atoms with Gasteiger partial charge in [-0.1, -0.05) is 6.92 Å². The van der Waals surface area contributed by atoms with Crippen LogP contribution in [-0.4, -0.2) is 41.1 Å². The summed E-state index contributed by atoms with van der Waals surface area (Å²) in [7, 11) is 0. The number of carbonyl (C=O) groups excluding carboxylic acids is 2. The number of ketones is 1. The molecule has 1 aromatic heterocycles. The Morgan fingerprint density at radius 2 is 2.12 bits per heavy atom. The Morgan fingerprint density at radius 3 is 2.75 bits per heavy atom. The number of nitrogens with zero attached hydrogens (tertiary/aromatic N) is 1. The molecule has 1 aliphatic rings. The molecule has 0 aliphatic carbocycles. The normalized spacial score (nSPS) is 13.5. The van der Waals surface area contributed by atoms with Crippen molar-refractivity contribution in [3.05, 3.63) is 38.4 Å². The number of H-pyrrole nitrogens is 1. The maximum absolute atomic E-state index is 12.2. The minimum atomic E-state index is -0.928. The molecule has 0 aromatic carbocycles. The third-order valence-electron chi connectivity index (χ3n) is 3.15. The number of nitrogens with one attached hydrogen (secondary N) is 1. The Kier molecular flexibility index (Phi) is 5.40. The van der Waals surface area contributed by atoms with Crippen molar-refractivity contribution in [3.63, 3.8) is 0 Å². The van der Waals surface area contributed by atoms with E-state index in [-0.39, 0.29) is 24.7 Å². The first-order chi connectivity index (χ1) is 11.5. The Bertz CT molecular complexity index is 791. The molecule has 1 aromatic rings. The van der Waals surface area contributed by atoms with Crippen LogP contribution in [0.25, 0.3) is 0 Å². The van der Waals surface area contributed by atoms with Gasteiger partial charge >= 0.3 is 11.7 Å². The van der Waals surface area contributed by atoms with Crippen LogP contribution in [0.5, 0.6) is 0 Å². The van der Waals surface area contributed by atoms with Gasteiger partial charge in [-0.15, -0.1) is 0 Å². The number of rotatable bonds is 6. The molecule has 1 aliphatic heterocycles. The lowest BCUT2D eigenvalue weighted by Gasteiger charge is -2.14. The summed E-state index contributed by atoms with van der Waals surface area (Å²) in [6, 6.07) is 0. The fraction of sp³-hybridized carbons (Fsp3) is 0.429. The second kappa shape index (κ2) is 7.49. The van der Waals surface area contributed by atoms with Gasteiger partial charge in [0.25, 0.3) is 5.56 Å². The molecule has 0 spiro atoms. The number of ether oxygens (including phenoxy) is 3. The van der Waals surface area contributed by atoms with E-state index in [1.807, 2.05) is 4.98 Å². The van der Waals surface area contributed by atoms with Crippen LogP contribution in [0.3, 0.4) is 0 Å². The van der Waals surface area contributed by atoms with Gasteiger partial charge in [-0.25, -0.2) is 9.59 Å². The third kappa shape index (κ3) is 3.65. The molecule has 2 heterocycles. The van der Waals surface area contributed by atoms with Crippen molar-refractivity contribution in [1.29, 1.82) is 0 Å². The third-order valence-corrected chi connectivity index (χ3v) is 3.15. The Morgan fingerprint density at radius 1 is 1.38 bits per heavy atom. The molecule has 0 bridgehead atoms. The van der Waals surface area contributed by atoms with Gasteiger partial charge in [-0.2, -0.15) is 0 Å². The summed E-state index contributed by atoms with van der Waals surface area (Å²) in [5.74, 6) is -2.17. The summed E-state index contributed by atoms with van der Waals surface area (Å²) in [5.41, 5.74) is 3.69. The molecular formula is C14H17N3O7. The molecule has 0 atom stereocenters. The van der Waals surface area contributed by atoms with E-state index in [2.05, 4.69) is 0 Å². The van der Waals surface area contributed by atoms with Crippen molar-refractivity contribution in [2.24, 2.45) is 0 Å². The van der Waals surface area contributed by atoms with Crippen molar-refractivity contribution in [1.82, 2.24) is 9.55 Å². The largest absolute Gasteiger partial charge is 0.493 e. The number of Topliss-reactive ketones (excluding diaryl/α,β-unsaturated/α-hetero) is 1. The average molecular weight is 339 g/mol. The monoisotopic (exact) mass is 339 g/mol. The summed E-state index contributed by atoms with van der Waals surface area (Å²) in [6.07, 6.45) is 1.66. The molecule has 10 heteroatoms. The number of hydrogen-bond acceptors (Lipinski definition) is 8. The van der Waals surface area contributed by atoms with E-state index in [1.165, 1.54) is 0 Å². The molecule has 0 unspecified atom stereocenters. The van der Waals surface area contributed by atoms with Crippen LogP contribution in [0.1, 0.15) is 23.7 Å². The van der Waals surface area contributed by atoms with Crippen molar-refractivity contribution < 1.29 is 23.8 Å². The maximum Gasteiger partial charge on any atom is 0.377 e. The van der Waals surface area contributed by atoms with Crippen molar-refractivity contribution in [3.8, 4) is 0 Å². The number of nitrogen functional groups attached to an aromatic ring is 1. The molecule has 2 rings (SSSR count). The zero-order valence-electron chi connectivity index (χ0n) is 13.0. The molecule has 3 N–H and O–H groups in total. The number of aromatic nitrogens is 2. The van der Waals surface area contributed by atoms with E-state index < -0.39 is 35.2 Å². The number of nitrogens with two attached hydrogens (primary N) is 1. The van der Waals surface area contributed by atoms with Crippen LogP contribution in [-0.2, 0) is 25.5 Å². The number of carbonyl (C=O) groups is 2. The number of esters is 1. The summed E-state index contributed by atoms with van der Waals surface area (Å²) >= 11 is 0. The quantitative estimate of drug-likeness (QED) is 0.503. The van der Waals surface area contributed by atoms with Crippen LogP contribution < -0.4 is 17.0 Å². The molecule has 0 fully saturated rings. The van der Waals surface area contributed by atoms with Gasteiger partial charge in [-0.05, 0) is 6.42 Å². The van der Waals surface area contributed by atoms with Gasteiger partial charge in [0.2, 0.25) is 11.5 Å². The Hall–Kier alpha value is -3.04. The second-order valence-corrected chi connectivity index (χ2v) is 4.87. The van der Waals surface area contributed by atoms with E-state index in [0.29, 0.717) is 13.0 Å². The van der Waals surface area contributed by atoms with Crippen LogP contribution in [0, 0.1) is 0 Å². The average Bonchev–Trinajstić information content (AvgIpc) is 2.57. The first kappa shape index (κ1) is 17.3. The molecule has 24 heavy (non-hydrogen) atoms. The SMILES string of the molecule is CCCn1c(N)c(C(=O)COC(=O)C2=COCCO2)c(=O)[nH]c1=O. The minimum absolute atomic E-state index is 0.174. The van der Waals surface area contributed by atoms with Crippen LogP contribution in [0.4, 0.5) is 5.82 Å². The van der Waals surface area contributed by atoms with Gasteiger partial charge in [0.1, 0.15) is 30.9 Å². The first-order valence-corrected chi connectivity index (χ1v) is 7.23. The number of hydrogen-bond donors (Lipinski definition) is 2. The summed E-state index contributed by atoms with van der Waals surface area (Å²) in [6.45, 7) is 1.81. The highest BCUT2D eigenvalue weighted by molar-refractivity contribution is 6.01. The van der Waals surface area contributed by atoms with Gasteiger partial charge < -0.3 is 19.9 Å². The molecule has 0 saturated heterocycles. The molecule has 0 saturated carbocycles. The lowest BCUT2D eigenvalue weighted by molar-refractivity contribution is -0.143. The Balaban J connectivity index is 2.16. The summed E-state index contributed by atoms with van der Waals surface area (Å²) in [4.78, 5) is 49.4. The van der Waals surface area contributed by atoms with Crippen molar-refractivity contribution in [2.45, 2.75) is 19.9 Å². The fourth-order valence-electron chi connectivity index (χ4n) is 2.05. The fourth-order valence-corrected chi connectivity index (χ4v) is 2.05. The second-order valence-electron chi connectivity index (χ2n) is 4.87. The van der Waals surface area contributed by atoms with E-state index in [9.17, 15) is 19.2 Å². The minimum Gasteiger partial charge on any atom is -0.493 e. The summed E-state index contributed by atoms with van der Waals surface area (Å²) < 4.78 is 15.8. The van der Waals surface area contributed by atoms with Gasteiger partial charge in [0.05, 0.1) is 0 Å². The highest BCUT2D eigenvalue weighted by Crippen LogP contribution is 2.09. The predicted octanol–water partition coefficient (Wildman–Crippen LogP) is -0.857. The zero-order valence-corrected chi connectivity index (χ0v) is 13.0. The first-order valence-electron chi connectivity index (χ1n) is 7.23. The molecule has 0 amide bonds. The standard InChI is InChI=1S/C14H17N3O7/c1-2-3-17-11(15)10(12(19)16-14(17)21)8(18)6-24-13(20)9-7-22-4-5-23-9/h7H,2-6,15H2,1H3,(H,16,19,21). The molecule has 130 valence electrons. The van der Waals surface area contributed by atoms with E-state index in [1.54, 1.807) is 6.92 Å². The van der Waals surface area contributed by atoms with Crippen LogP contribution >= 0.6 is 0 Å². The number of aromatic amines is 1. The maximum atomic E-state index is 12.2. The van der Waals surface area contributed by atoms with Gasteiger partial charge in [0.15, 0.2) is 6.61 Å². The van der Waals surface area contributed by atoms with Crippen molar-refractivity contribution in [2.75, 3.05) is 25.6 Å².